The third kappa shape index (κ3) is 22.3. The molecule has 0 unspecified atom stereocenters. The van der Waals surface area contributed by atoms with E-state index in [9.17, 15) is 0 Å². The van der Waals surface area contributed by atoms with Crippen LogP contribution in [0.4, 0.5) is 0 Å². The first-order valence-electron chi connectivity index (χ1n) is 47.2. The summed E-state index contributed by atoms with van der Waals surface area (Å²) in [7, 11) is 27.7. The molecule has 0 saturated heterocycles. The molecule has 0 aliphatic carbocycles. The maximum atomic E-state index is 5.51. The Morgan fingerprint density at radius 3 is 0.517 bits per heavy atom. The minimum atomic E-state index is 0.561. The lowest BCUT2D eigenvalue weighted by Gasteiger charge is -2.15. The van der Waals surface area contributed by atoms with E-state index in [1.165, 1.54) is 26.9 Å². The largest absolute Gasteiger partial charge is 0.493 e. The van der Waals surface area contributed by atoms with Gasteiger partial charge in [-0.15, -0.1) is 0 Å². The second-order valence-corrected chi connectivity index (χ2v) is 33.9. The van der Waals surface area contributed by atoms with Crippen molar-refractivity contribution < 1.29 is 71.1 Å². The molecule has 0 atom stereocenters. The van der Waals surface area contributed by atoms with Crippen molar-refractivity contribution >= 4 is 82.7 Å². The quantitative estimate of drug-likeness (QED) is 0.0263. The van der Waals surface area contributed by atoms with E-state index < -0.39 is 0 Å². The highest BCUT2D eigenvalue weighted by atomic mass is 16.6. The standard InChI is InChI=1S/2C25H24N2O3.3C25H23NO3/c2*1-26-24(19-14-22(28-2)25(30-4)23(15-19)29-3)18-10-7-9-16(12-18)21-13-17-8-5-6-11-20(17)27-21;3*1-16(20-14-23(27-2)25(29-4)24(15-20)28-3)17-9-7-10-18(12-17)22-13-19-8-5-6-11-21(19)26-22/h2*5-15,27H,1-4H3;3*5-15,26H,1H2,2-4H3. The SMILES string of the molecule is C=C(c1cccc(-c2cc3ccccc3[nH]2)c1)c1cc(OC)c(OC)c(OC)c1.C=C(c1cccc(-c2cc3ccccc3[nH]2)c1)c1cc(OC)c(OC)c(OC)c1.C=C(c1cccc(-c2cc3ccccc3[nH]2)c1)c1cc(OC)c(OC)c(OC)c1.CN=C(c1cccc(-c2cc3ccccc3[nH]2)c1)c1cc(OC)c(OC)c(OC)c1.CN=C(c1cccc(-c2cc3ccccc3[nH]2)c1)c1cc(OC)c(OC)c(OC)c1. The Kier molecular flexibility index (Phi) is 32.4. The van der Waals surface area contributed by atoms with Crippen molar-refractivity contribution in [2.45, 2.75) is 0 Å². The fourth-order valence-electron chi connectivity index (χ4n) is 18.0. The number of aliphatic imine (C=N–C) groups is 2. The average Bonchev–Trinajstić information content (AvgIpc) is 1.80. The zero-order valence-electron chi connectivity index (χ0n) is 85.4. The summed E-state index contributed by atoms with van der Waals surface area (Å²) in [6.45, 7) is 13.0. The number of aromatic amines is 5. The Balaban J connectivity index is 0.000000131. The molecule has 22 nitrogen and oxygen atoms in total. The fraction of sp³-hybridized carbons (Fsp3) is 0.136. The smallest absolute Gasteiger partial charge is 0.203 e. The number of ether oxygens (including phenoxy) is 15. The van der Waals surface area contributed by atoms with Crippen molar-refractivity contribution in [3.05, 3.63) is 409 Å². The van der Waals surface area contributed by atoms with Gasteiger partial charge in [0.1, 0.15) is 0 Å². The summed E-state index contributed by atoms with van der Waals surface area (Å²) >= 11 is 0. The highest BCUT2D eigenvalue weighted by molar-refractivity contribution is 6.15. The Hall–Kier alpha value is -18.4. The summed E-state index contributed by atoms with van der Waals surface area (Å²) in [5, 5.41) is 5.95. The summed E-state index contributed by atoms with van der Waals surface area (Å²) in [4.78, 5) is 26.6. The first kappa shape index (κ1) is 102. The fourth-order valence-corrected chi connectivity index (χ4v) is 18.0. The second kappa shape index (κ2) is 47.0. The van der Waals surface area contributed by atoms with Crippen molar-refractivity contribution in [1.29, 1.82) is 0 Å². The normalized spacial score (nSPS) is 11.1. The van der Waals surface area contributed by atoms with Gasteiger partial charge in [0.05, 0.1) is 118 Å². The molecule has 5 aromatic heterocycles. The molecule has 0 spiro atoms. The van der Waals surface area contributed by atoms with E-state index >= 15 is 0 Å². The zero-order chi connectivity index (χ0) is 103. The second-order valence-electron chi connectivity index (χ2n) is 33.9. The number of benzene rings is 15. The molecule has 5 heterocycles. The van der Waals surface area contributed by atoms with Crippen molar-refractivity contribution in [3.63, 3.8) is 0 Å². The topological polar surface area (TPSA) is 242 Å². The molecule has 15 aromatic carbocycles. The van der Waals surface area contributed by atoms with Crippen molar-refractivity contribution in [3.8, 4) is 143 Å². The van der Waals surface area contributed by atoms with Gasteiger partial charge in [0.25, 0.3) is 0 Å². The summed E-state index contributed by atoms with van der Waals surface area (Å²) in [5.74, 6) is 8.85. The lowest BCUT2D eigenvalue weighted by molar-refractivity contribution is 0.324. The Labute approximate surface area is 855 Å². The maximum absolute atomic E-state index is 5.51. The van der Waals surface area contributed by atoms with Crippen molar-refractivity contribution in [1.82, 2.24) is 24.9 Å². The molecule has 22 heteroatoms. The highest BCUT2D eigenvalue weighted by Crippen LogP contribution is 2.47. The van der Waals surface area contributed by atoms with E-state index in [1.54, 1.807) is 121 Å². The van der Waals surface area contributed by atoms with Gasteiger partial charge in [0, 0.05) is 119 Å². The molecule has 0 amide bonds. The van der Waals surface area contributed by atoms with Crippen LogP contribution in [-0.4, -0.2) is 157 Å². The summed E-state index contributed by atoms with van der Waals surface area (Å²) in [6.07, 6.45) is 0. The summed E-state index contributed by atoms with van der Waals surface area (Å²) < 4.78 is 82.1. The zero-order valence-corrected chi connectivity index (χ0v) is 85.4. The Morgan fingerprint density at radius 1 is 0.177 bits per heavy atom. The van der Waals surface area contributed by atoms with Crippen LogP contribution >= 0.6 is 0 Å². The van der Waals surface area contributed by atoms with Gasteiger partial charge in [-0.05, 0) is 230 Å². The number of para-hydroxylation sites is 5. The predicted molar refractivity (Wildman–Crippen MR) is 597 cm³/mol. The molecular formula is C125H117N7O15. The third-order valence-corrected chi connectivity index (χ3v) is 25.5. The number of rotatable bonds is 30. The first-order chi connectivity index (χ1) is 71.8. The molecule has 0 radical (unpaired) electrons. The number of nitrogens with zero attached hydrogens (tertiary/aromatic N) is 2. The van der Waals surface area contributed by atoms with Gasteiger partial charge in [0.15, 0.2) is 57.5 Å². The van der Waals surface area contributed by atoms with Gasteiger partial charge >= 0.3 is 0 Å². The number of nitrogens with one attached hydrogen (secondary N) is 5. The predicted octanol–water partition coefficient (Wildman–Crippen LogP) is 28.4. The number of methoxy groups -OCH3 is 15. The van der Waals surface area contributed by atoms with Gasteiger partial charge in [-0.1, -0.05) is 202 Å². The molecule has 20 aromatic rings. The molecule has 742 valence electrons. The van der Waals surface area contributed by atoms with E-state index in [1.807, 2.05) is 152 Å². The van der Waals surface area contributed by atoms with Gasteiger partial charge in [-0.3, -0.25) is 9.98 Å². The molecule has 5 N–H and O–H groups in total. The van der Waals surface area contributed by atoms with Crippen LogP contribution < -0.4 is 71.1 Å². The van der Waals surface area contributed by atoms with E-state index in [0.29, 0.717) is 86.2 Å². The number of H-pyrrole nitrogens is 5. The van der Waals surface area contributed by atoms with Crippen molar-refractivity contribution in [2.75, 3.05) is 121 Å². The van der Waals surface area contributed by atoms with Crippen LogP contribution in [0.1, 0.15) is 55.6 Å². The van der Waals surface area contributed by atoms with E-state index in [2.05, 4.69) is 237 Å². The molecule has 147 heavy (non-hydrogen) atoms. The van der Waals surface area contributed by atoms with Crippen LogP contribution in [0.5, 0.6) is 86.2 Å². The average molecular weight is 1960 g/mol. The molecule has 20 rings (SSSR count). The molecular weight excluding hydrogens is 1840 g/mol. The van der Waals surface area contributed by atoms with Crippen LogP contribution in [0.25, 0.3) is 128 Å². The number of aromatic nitrogens is 5. The number of hydrogen-bond donors (Lipinski definition) is 5. The van der Waals surface area contributed by atoms with E-state index in [-0.39, 0.29) is 0 Å². The number of hydrogen-bond acceptors (Lipinski definition) is 17. The lowest BCUT2D eigenvalue weighted by atomic mass is 9.96. The van der Waals surface area contributed by atoms with E-state index in [4.69, 9.17) is 71.1 Å². The molecule has 0 aliphatic rings. The van der Waals surface area contributed by atoms with Gasteiger partial charge in [-0.2, -0.15) is 0 Å². The summed E-state index contributed by atoms with van der Waals surface area (Å²) in [5.41, 5.74) is 30.4. The Bertz CT molecular complexity index is 7300. The third-order valence-electron chi connectivity index (χ3n) is 25.5. The van der Waals surface area contributed by atoms with Crippen molar-refractivity contribution in [2.24, 2.45) is 9.98 Å². The van der Waals surface area contributed by atoms with Crippen LogP contribution in [0.2, 0.25) is 0 Å². The van der Waals surface area contributed by atoms with Gasteiger partial charge in [-0.25, -0.2) is 0 Å². The maximum Gasteiger partial charge on any atom is 0.203 e. The Morgan fingerprint density at radius 2 is 0.347 bits per heavy atom. The van der Waals surface area contributed by atoms with Crippen LogP contribution in [0.15, 0.2) is 363 Å². The summed E-state index contributed by atoms with van der Waals surface area (Å²) in [6, 6.07) is 113. The molecule has 0 fully saturated rings. The van der Waals surface area contributed by atoms with E-state index in [0.717, 1.165) is 168 Å². The lowest BCUT2D eigenvalue weighted by Crippen LogP contribution is -2.06. The monoisotopic (exact) mass is 1960 g/mol. The van der Waals surface area contributed by atoms with Gasteiger partial charge < -0.3 is 96.0 Å². The van der Waals surface area contributed by atoms with Crippen LogP contribution in [0, 0.1) is 0 Å². The minimum absolute atomic E-state index is 0.561. The number of fused-ring (bicyclic) bond motifs is 5. The minimum Gasteiger partial charge on any atom is -0.493 e. The molecule has 0 bridgehead atoms. The highest BCUT2D eigenvalue weighted by Gasteiger charge is 2.25. The molecule has 0 saturated carbocycles. The van der Waals surface area contributed by atoms with Gasteiger partial charge in [0.2, 0.25) is 28.7 Å². The first-order valence-corrected chi connectivity index (χ1v) is 47.2. The van der Waals surface area contributed by atoms with Crippen LogP contribution in [-0.2, 0) is 0 Å². The molecule has 0 aliphatic heterocycles. The van der Waals surface area contributed by atoms with Crippen LogP contribution in [0.3, 0.4) is 0 Å².